The SMILES string of the molecule is CC(C)(C)N1CC(C(=O)N2CCCN(C(=O)CCc3ccccc3)CC2)CC1=O. The van der Waals surface area contributed by atoms with Gasteiger partial charge in [-0.2, -0.15) is 0 Å². The molecular weight excluding hydrogens is 366 g/mol. The van der Waals surface area contributed by atoms with Crippen molar-refractivity contribution in [3.05, 3.63) is 35.9 Å². The Kier molecular flexibility index (Phi) is 6.60. The quantitative estimate of drug-likeness (QED) is 0.781. The summed E-state index contributed by atoms with van der Waals surface area (Å²) in [6, 6.07) is 10.0. The highest BCUT2D eigenvalue weighted by Crippen LogP contribution is 2.27. The van der Waals surface area contributed by atoms with Crippen molar-refractivity contribution in [2.75, 3.05) is 32.7 Å². The normalized spacial score (nSPS) is 20.7. The molecule has 2 heterocycles. The summed E-state index contributed by atoms with van der Waals surface area (Å²) in [7, 11) is 0. The molecule has 6 heteroatoms. The molecule has 0 saturated carbocycles. The fraction of sp³-hybridized carbons (Fsp3) is 0.609. The summed E-state index contributed by atoms with van der Waals surface area (Å²) < 4.78 is 0. The van der Waals surface area contributed by atoms with Crippen molar-refractivity contribution < 1.29 is 14.4 Å². The van der Waals surface area contributed by atoms with E-state index >= 15 is 0 Å². The van der Waals surface area contributed by atoms with E-state index in [0.717, 1.165) is 12.8 Å². The first-order chi connectivity index (χ1) is 13.8. The number of likely N-dealkylation sites (tertiary alicyclic amines) is 1. The van der Waals surface area contributed by atoms with E-state index in [0.29, 0.717) is 45.6 Å². The Morgan fingerprint density at radius 3 is 2.31 bits per heavy atom. The molecule has 1 aromatic carbocycles. The summed E-state index contributed by atoms with van der Waals surface area (Å²) in [5, 5.41) is 0. The van der Waals surface area contributed by atoms with E-state index in [-0.39, 0.29) is 29.2 Å². The van der Waals surface area contributed by atoms with Crippen LogP contribution < -0.4 is 0 Å². The zero-order valence-corrected chi connectivity index (χ0v) is 17.9. The topological polar surface area (TPSA) is 60.9 Å². The maximum atomic E-state index is 13.0. The van der Waals surface area contributed by atoms with Gasteiger partial charge in [0.2, 0.25) is 17.7 Å². The van der Waals surface area contributed by atoms with Gasteiger partial charge < -0.3 is 14.7 Å². The molecule has 2 aliphatic heterocycles. The number of aryl methyl sites for hydroxylation is 1. The van der Waals surface area contributed by atoms with E-state index in [4.69, 9.17) is 0 Å². The molecule has 158 valence electrons. The van der Waals surface area contributed by atoms with Gasteiger partial charge in [0.25, 0.3) is 0 Å². The summed E-state index contributed by atoms with van der Waals surface area (Å²) in [6.45, 7) is 8.97. The Morgan fingerprint density at radius 2 is 1.66 bits per heavy atom. The zero-order chi connectivity index (χ0) is 21.0. The van der Waals surface area contributed by atoms with Gasteiger partial charge in [-0.1, -0.05) is 30.3 Å². The summed E-state index contributed by atoms with van der Waals surface area (Å²) in [4.78, 5) is 43.5. The molecule has 6 nitrogen and oxygen atoms in total. The van der Waals surface area contributed by atoms with Gasteiger partial charge in [0.05, 0.1) is 5.92 Å². The second-order valence-electron chi connectivity index (χ2n) is 9.12. The number of hydrogen-bond donors (Lipinski definition) is 0. The average Bonchev–Trinajstić information content (AvgIpc) is 2.93. The standard InChI is InChI=1S/C23H33N3O3/c1-23(2,3)26-17-19(16-21(26)28)22(29)25-13-7-12-24(14-15-25)20(27)11-10-18-8-5-4-6-9-18/h4-6,8-9,19H,7,10-17H2,1-3H3. The molecule has 29 heavy (non-hydrogen) atoms. The summed E-state index contributed by atoms with van der Waals surface area (Å²) >= 11 is 0. The van der Waals surface area contributed by atoms with Gasteiger partial charge in [0.15, 0.2) is 0 Å². The highest BCUT2D eigenvalue weighted by atomic mass is 16.2. The minimum Gasteiger partial charge on any atom is -0.341 e. The van der Waals surface area contributed by atoms with Crippen LogP contribution in [0, 0.1) is 5.92 Å². The molecule has 3 amide bonds. The number of nitrogens with zero attached hydrogens (tertiary/aromatic N) is 3. The van der Waals surface area contributed by atoms with Crippen molar-refractivity contribution in [1.82, 2.24) is 14.7 Å². The van der Waals surface area contributed by atoms with Crippen LogP contribution in [0.2, 0.25) is 0 Å². The lowest BCUT2D eigenvalue weighted by molar-refractivity contribution is -0.136. The smallest absolute Gasteiger partial charge is 0.228 e. The molecule has 1 atom stereocenters. The third-order valence-electron chi connectivity index (χ3n) is 5.91. The van der Waals surface area contributed by atoms with Crippen molar-refractivity contribution in [2.45, 2.75) is 52.0 Å². The Bertz CT molecular complexity index is 741. The lowest BCUT2D eigenvalue weighted by Crippen LogP contribution is -2.44. The summed E-state index contributed by atoms with van der Waals surface area (Å²) in [5.41, 5.74) is 0.911. The molecule has 2 aliphatic rings. The van der Waals surface area contributed by atoms with Gasteiger partial charge in [0, 0.05) is 51.1 Å². The lowest BCUT2D eigenvalue weighted by Gasteiger charge is -2.32. The van der Waals surface area contributed by atoms with Crippen LogP contribution in [0.1, 0.15) is 45.6 Å². The van der Waals surface area contributed by atoms with Crippen molar-refractivity contribution >= 4 is 17.7 Å². The van der Waals surface area contributed by atoms with Crippen molar-refractivity contribution in [1.29, 1.82) is 0 Å². The molecule has 0 aromatic heterocycles. The number of carbonyl (C=O) groups is 3. The van der Waals surface area contributed by atoms with E-state index in [1.165, 1.54) is 5.56 Å². The molecule has 1 aromatic rings. The molecule has 0 spiro atoms. The molecule has 0 aliphatic carbocycles. The predicted octanol–water partition coefficient (Wildman–Crippen LogP) is 2.33. The van der Waals surface area contributed by atoms with Crippen LogP contribution in [0.4, 0.5) is 0 Å². The van der Waals surface area contributed by atoms with Crippen molar-refractivity contribution in [2.24, 2.45) is 5.92 Å². The number of amides is 3. The van der Waals surface area contributed by atoms with Crippen LogP contribution in [-0.2, 0) is 20.8 Å². The lowest BCUT2D eigenvalue weighted by atomic mass is 10.1. The minimum atomic E-state index is -0.262. The van der Waals surface area contributed by atoms with E-state index in [1.807, 2.05) is 65.8 Å². The molecule has 3 rings (SSSR count). The molecule has 2 fully saturated rings. The Labute approximate surface area is 173 Å². The highest BCUT2D eigenvalue weighted by Gasteiger charge is 2.41. The van der Waals surface area contributed by atoms with E-state index < -0.39 is 0 Å². The minimum absolute atomic E-state index is 0.0587. The summed E-state index contributed by atoms with van der Waals surface area (Å²) in [6.07, 6.45) is 2.32. The van der Waals surface area contributed by atoms with Crippen LogP contribution in [0.15, 0.2) is 30.3 Å². The monoisotopic (exact) mass is 399 g/mol. The number of benzene rings is 1. The molecule has 2 saturated heterocycles. The molecule has 0 bridgehead atoms. The van der Waals surface area contributed by atoms with Gasteiger partial charge in [-0.25, -0.2) is 0 Å². The van der Waals surface area contributed by atoms with E-state index in [1.54, 1.807) is 0 Å². The first-order valence-corrected chi connectivity index (χ1v) is 10.7. The largest absolute Gasteiger partial charge is 0.341 e. The van der Waals surface area contributed by atoms with Crippen LogP contribution >= 0.6 is 0 Å². The molecule has 1 unspecified atom stereocenters. The molecule has 0 N–H and O–H groups in total. The van der Waals surface area contributed by atoms with Crippen LogP contribution in [0.3, 0.4) is 0 Å². The Hall–Kier alpha value is -2.37. The second kappa shape index (κ2) is 8.97. The Morgan fingerprint density at radius 1 is 1.00 bits per heavy atom. The maximum absolute atomic E-state index is 13.0. The highest BCUT2D eigenvalue weighted by molar-refractivity contribution is 5.89. The molecule has 0 radical (unpaired) electrons. The zero-order valence-electron chi connectivity index (χ0n) is 17.9. The summed E-state index contributed by atoms with van der Waals surface area (Å²) in [5.74, 6) is 0.00670. The first kappa shape index (κ1) is 21.3. The van der Waals surface area contributed by atoms with Gasteiger partial charge in [-0.15, -0.1) is 0 Å². The van der Waals surface area contributed by atoms with Crippen molar-refractivity contribution in [3.8, 4) is 0 Å². The van der Waals surface area contributed by atoms with Crippen LogP contribution in [-0.4, -0.2) is 70.7 Å². The average molecular weight is 400 g/mol. The number of rotatable bonds is 4. The van der Waals surface area contributed by atoms with Gasteiger partial charge in [0.1, 0.15) is 0 Å². The van der Waals surface area contributed by atoms with Gasteiger partial charge in [-0.05, 0) is 39.2 Å². The fourth-order valence-electron chi connectivity index (χ4n) is 4.22. The van der Waals surface area contributed by atoms with Crippen LogP contribution in [0.25, 0.3) is 0 Å². The number of carbonyl (C=O) groups excluding carboxylic acids is 3. The maximum Gasteiger partial charge on any atom is 0.228 e. The molecular formula is C23H33N3O3. The second-order valence-corrected chi connectivity index (χ2v) is 9.12. The fourth-order valence-corrected chi connectivity index (χ4v) is 4.22. The van der Waals surface area contributed by atoms with Crippen molar-refractivity contribution in [3.63, 3.8) is 0 Å². The first-order valence-electron chi connectivity index (χ1n) is 10.7. The Balaban J connectivity index is 1.51. The van der Waals surface area contributed by atoms with Crippen LogP contribution in [0.5, 0.6) is 0 Å². The van der Waals surface area contributed by atoms with Gasteiger partial charge >= 0.3 is 0 Å². The third-order valence-corrected chi connectivity index (χ3v) is 5.91. The third kappa shape index (κ3) is 5.37. The van der Waals surface area contributed by atoms with E-state index in [2.05, 4.69) is 0 Å². The van der Waals surface area contributed by atoms with Gasteiger partial charge in [-0.3, -0.25) is 14.4 Å². The predicted molar refractivity (Wildman–Crippen MR) is 112 cm³/mol. The van der Waals surface area contributed by atoms with E-state index in [9.17, 15) is 14.4 Å². The number of hydrogen-bond acceptors (Lipinski definition) is 3.